The number of aryl methyl sites for hydroxylation is 2. The minimum atomic E-state index is 0.317. The van der Waals surface area contributed by atoms with Crippen molar-refractivity contribution >= 4 is 15.9 Å². The molecule has 122 valence electrons. The molecular weight excluding hydrogens is 330 g/mol. The molecular formula is C16H30BrN3O. The van der Waals surface area contributed by atoms with Gasteiger partial charge in [-0.3, -0.25) is 4.68 Å². The molecule has 4 nitrogen and oxygen atoms in total. The fraction of sp³-hybridized carbons (Fsp3) is 0.812. The topological polar surface area (TPSA) is 39.1 Å². The summed E-state index contributed by atoms with van der Waals surface area (Å²) in [4.78, 5) is 0. The average Bonchev–Trinajstić information content (AvgIpc) is 2.80. The molecule has 0 aromatic carbocycles. The highest BCUT2D eigenvalue weighted by Gasteiger charge is 2.18. The van der Waals surface area contributed by atoms with Crippen molar-refractivity contribution in [3.05, 3.63) is 15.9 Å². The lowest BCUT2D eigenvalue weighted by Gasteiger charge is -2.20. The summed E-state index contributed by atoms with van der Waals surface area (Å²) < 4.78 is 8.69. The molecule has 0 aliphatic rings. The molecule has 0 saturated carbocycles. The smallest absolute Gasteiger partial charge is 0.0766 e. The highest BCUT2D eigenvalue weighted by Crippen LogP contribution is 2.24. The number of rotatable bonds is 10. The van der Waals surface area contributed by atoms with Crippen LogP contribution in [-0.4, -0.2) is 35.6 Å². The van der Waals surface area contributed by atoms with Crippen LogP contribution < -0.4 is 5.32 Å². The first-order valence-electron chi connectivity index (χ1n) is 8.07. The van der Waals surface area contributed by atoms with Crippen molar-refractivity contribution < 1.29 is 4.74 Å². The van der Waals surface area contributed by atoms with Crippen LogP contribution >= 0.6 is 15.9 Å². The van der Waals surface area contributed by atoms with Gasteiger partial charge in [-0.1, -0.05) is 13.8 Å². The standard InChI is InChI=1S/C16H30BrN3O/c1-6-14-16(17)15(20(8-3)19-14)11-13(18-7-2)10-9-12(4)21-5/h12-13,18H,6-11H2,1-5H3. The second-order valence-corrected chi connectivity index (χ2v) is 6.25. The summed E-state index contributed by atoms with van der Waals surface area (Å²) in [6.45, 7) is 10.5. The maximum Gasteiger partial charge on any atom is 0.0766 e. The normalized spacial score (nSPS) is 14.4. The Hall–Kier alpha value is -0.390. The number of ether oxygens (including phenoxy) is 1. The van der Waals surface area contributed by atoms with E-state index in [2.05, 4.69) is 58.7 Å². The van der Waals surface area contributed by atoms with Crippen LogP contribution in [0.25, 0.3) is 0 Å². The van der Waals surface area contributed by atoms with Gasteiger partial charge in [-0.15, -0.1) is 0 Å². The number of hydrogen-bond acceptors (Lipinski definition) is 3. The first kappa shape index (κ1) is 18.7. The fourth-order valence-corrected chi connectivity index (χ4v) is 3.29. The summed E-state index contributed by atoms with van der Waals surface area (Å²) in [6.07, 6.45) is 4.48. The lowest BCUT2D eigenvalue weighted by Crippen LogP contribution is -2.32. The molecule has 0 fully saturated rings. The molecule has 21 heavy (non-hydrogen) atoms. The highest BCUT2D eigenvalue weighted by molar-refractivity contribution is 9.10. The minimum absolute atomic E-state index is 0.317. The quantitative estimate of drug-likeness (QED) is 0.693. The van der Waals surface area contributed by atoms with E-state index < -0.39 is 0 Å². The van der Waals surface area contributed by atoms with Crippen molar-refractivity contribution in [1.82, 2.24) is 15.1 Å². The third-order valence-corrected chi connectivity index (χ3v) is 4.87. The number of methoxy groups -OCH3 is 1. The first-order valence-corrected chi connectivity index (χ1v) is 8.86. The lowest BCUT2D eigenvalue weighted by molar-refractivity contribution is 0.106. The van der Waals surface area contributed by atoms with Gasteiger partial charge in [-0.2, -0.15) is 5.10 Å². The Morgan fingerprint density at radius 1 is 1.29 bits per heavy atom. The highest BCUT2D eigenvalue weighted by atomic mass is 79.9. The molecule has 2 atom stereocenters. The number of nitrogens with zero attached hydrogens (tertiary/aromatic N) is 2. The van der Waals surface area contributed by atoms with Crippen molar-refractivity contribution in [3.63, 3.8) is 0 Å². The maximum atomic E-state index is 5.36. The van der Waals surface area contributed by atoms with Gasteiger partial charge in [0.05, 0.1) is 22.0 Å². The van der Waals surface area contributed by atoms with Crippen LogP contribution in [0.1, 0.15) is 51.9 Å². The number of halogens is 1. The van der Waals surface area contributed by atoms with E-state index in [0.29, 0.717) is 12.1 Å². The van der Waals surface area contributed by atoms with E-state index in [-0.39, 0.29) is 0 Å². The van der Waals surface area contributed by atoms with Crippen LogP contribution in [0.4, 0.5) is 0 Å². The van der Waals surface area contributed by atoms with Crippen LogP contribution in [0.3, 0.4) is 0 Å². The number of nitrogens with one attached hydrogen (secondary N) is 1. The Morgan fingerprint density at radius 3 is 2.52 bits per heavy atom. The van der Waals surface area contributed by atoms with E-state index in [1.807, 2.05) is 0 Å². The van der Waals surface area contributed by atoms with E-state index in [0.717, 1.165) is 44.5 Å². The van der Waals surface area contributed by atoms with E-state index in [4.69, 9.17) is 4.74 Å². The fourth-order valence-electron chi connectivity index (χ4n) is 2.56. The Bertz CT molecular complexity index is 420. The Labute approximate surface area is 137 Å². The third kappa shape index (κ3) is 5.38. The van der Waals surface area contributed by atoms with Gasteiger partial charge in [0, 0.05) is 26.1 Å². The zero-order chi connectivity index (χ0) is 15.8. The van der Waals surface area contributed by atoms with Gasteiger partial charge in [0.25, 0.3) is 0 Å². The molecule has 1 N–H and O–H groups in total. The zero-order valence-electron chi connectivity index (χ0n) is 14.1. The van der Waals surface area contributed by atoms with Gasteiger partial charge in [-0.25, -0.2) is 0 Å². The van der Waals surface area contributed by atoms with Crippen molar-refractivity contribution in [1.29, 1.82) is 0 Å². The molecule has 5 heteroatoms. The summed E-state index contributed by atoms with van der Waals surface area (Å²) >= 11 is 3.74. The maximum absolute atomic E-state index is 5.36. The van der Waals surface area contributed by atoms with Gasteiger partial charge in [0.1, 0.15) is 0 Å². The molecule has 0 aliphatic carbocycles. The minimum Gasteiger partial charge on any atom is -0.382 e. The Balaban J connectivity index is 2.80. The molecule has 1 aromatic rings. The monoisotopic (exact) mass is 359 g/mol. The van der Waals surface area contributed by atoms with Crippen molar-refractivity contribution in [2.24, 2.45) is 0 Å². The molecule has 1 rings (SSSR count). The average molecular weight is 360 g/mol. The Kier molecular flexibility index (Phi) is 8.52. The molecule has 1 heterocycles. The van der Waals surface area contributed by atoms with Crippen molar-refractivity contribution in [2.75, 3.05) is 13.7 Å². The van der Waals surface area contributed by atoms with Gasteiger partial charge in [-0.05, 0) is 55.6 Å². The van der Waals surface area contributed by atoms with Gasteiger partial charge >= 0.3 is 0 Å². The van der Waals surface area contributed by atoms with Crippen LogP contribution in [-0.2, 0) is 24.1 Å². The second-order valence-electron chi connectivity index (χ2n) is 5.46. The van der Waals surface area contributed by atoms with Crippen molar-refractivity contribution in [2.45, 2.75) is 72.1 Å². The van der Waals surface area contributed by atoms with E-state index in [1.54, 1.807) is 7.11 Å². The molecule has 0 bridgehead atoms. The molecule has 0 aliphatic heterocycles. The zero-order valence-corrected chi connectivity index (χ0v) is 15.7. The largest absolute Gasteiger partial charge is 0.382 e. The molecule has 0 radical (unpaired) electrons. The van der Waals surface area contributed by atoms with Crippen LogP contribution in [0.15, 0.2) is 4.47 Å². The van der Waals surface area contributed by atoms with Crippen LogP contribution in [0, 0.1) is 0 Å². The summed E-state index contributed by atoms with van der Waals surface area (Å²) in [5, 5.41) is 8.29. The molecule has 1 aromatic heterocycles. The van der Waals surface area contributed by atoms with E-state index >= 15 is 0 Å². The first-order chi connectivity index (χ1) is 10.1. The third-order valence-electron chi connectivity index (χ3n) is 3.95. The molecule has 0 amide bonds. The van der Waals surface area contributed by atoms with Crippen molar-refractivity contribution in [3.8, 4) is 0 Å². The summed E-state index contributed by atoms with van der Waals surface area (Å²) in [5.74, 6) is 0. The van der Waals surface area contributed by atoms with Gasteiger partial charge in [0.15, 0.2) is 0 Å². The SMILES string of the molecule is CCNC(CCC(C)OC)Cc1c(Br)c(CC)nn1CC. The summed E-state index contributed by atoms with van der Waals surface area (Å²) in [6, 6.07) is 0.468. The lowest BCUT2D eigenvalue weighted by atomic mass is 10.0. The predicted octanol–water partition coefficient (Wildman–Crippen LogP) is 3.56. The number of hydrogen-bond donors (Lipinski definition) is 1. The van der Waals surface area contributed by atoms with Crippen LogP contribution in [0.2, 0.25) is 0 Å². The predicted molar refractivity (Wildman–Crippen MR) is 91.9 cm³/mol. The second kappa shape index (κ2) is 9.59. The van der Waals surface area contributed by atoms with Crippen LogP contribution in [0.5, 0.6) is 0 Å². The molecule has 2 unspecified atom stereocenters. The van der Waals surface area contributed by atoms with Gasteiger partial charge < -0.3 is 10.1 Å². The molecule has 0 spiro atoms. The summed E-state index contributed by atoms with van der Waals surface area (Å²) in [7, 11) is 1.78. The van der Waals surface area contributed by atoms with E-state index in [9.17, 15) is 0 Å². The molecule has 0 saturated heterocycles. The van der Waals surface area contributed by atoms with E-state index in [1.165, 1.54) is 10.2 Å². The number of aromatic nitrogens is 2. The van der Waals surface area contributed by atoms with Gasteiger partial charge in [0.2, 0.25) is 0 Å². The Morgan fingerprint density at radius 2 is 2.00 bits per heavy atom. The number of likely N-dealkylation sites (N-methyl/N-ethyl adjacent to an activating group) is 1. The summed E-state index contributed by atoms with van der Waals surface area (Å²) in [5.41, 5.74) is 2.47.